The maximum absolute atomic E-state index is 10.7. The Morgan fingerprint density at radius 2 is 2.24 bits per heavy atom. The lowest BCUT2D eigenvalue weighted by Crippen LogP contribution is -2.14. The second-order valence-electron chi connectivity index (χ2n) is 3.90. The van der Waals surface area contributed by atoms with Crippen LogP contribution in [0.4, 0.5) is 5.69 Å². The van der Waals surface area contributed by atoms with Crippen LogP contribution in [0.1, 0.15) is 37.3 Å². The van der Waals surface area contributed by atoms with Gasteiger partial charge in [0.15, 0.2) is 0 Å². The molecule has 17 heavy (non-hydrogen) atoms. The smallest absolute Gasteiger partial charge is 0.287 e. The number of aliphatic hydroxyl groups excluding tert-OH is 1. The van der Waals surface area contributed by atoms with Crippen molar-refractivity contribution in [3.05, 3.63) is 39.4 Å². The summed E-state index contributed by atoms with van der Waals surface area (Å²) < 4.78 is 0. The Morgan fingerprint density at radius 1 is 1.59 bits per heavy atom. The quantitative estimate of drug-likeness (QED) is 0.639. The van der Waals surface area contributed by atoms with E-state index in [1.165, 1.54) is 12.1 Å². The Bertz CT molecular complexity index is 463. The zero-order chi connectivity index (χ0) is 13.0. The van der Waals surface area contributed by atoms with Gasteiger partial charge in [-0.2, -0.15) is 5.26 Å². The van der Waals surface area contributed by atoms with Crippen LogP contribution in [0.25, 0.3) is 0 Å². The Balaban J connectivity index is 3.22. The van der Waals surface area contributed by atoms with Crippen molar-refractivity contribution in [2.45, 2.75) is 32.3 Å². The number of nitro benzene ring substituents is 1. The topological polar surface area (TPSA) is 87.2 Å². The van der Waals surface area contributed by atoms with Gasteiger partial charge < -0.3 is 5.11 Å². The highest BCUT2D eigenvalue weighted by molar-refractivity contribution is 5.51. The van der Waals surface area contributed by atoms with Crippen LogP contribution in [0.5, 0.6) is 0 Å². The molecule has 5 heteroatoms. The molecule has 0 aliphatic carbocycles. The van der Waals surface area contributed by atoms with Crippen LogP contribution in [0.15, 0.2) is 18.2 Å². The van der Waals surface area contributed by atoms with Crippen LogP contribution in [0.2, 0.25) is 0 Å². The molecule has 0 saturated carbocycles. The van der Waals surface area contributed by atoms with Crippen molar-refractivity contribution in [1.82, 2.24) is 0 Å². The fourth-order valence-corrected chi connectivity index (χ4v) is 1.89. The average Bonchev–Trinajstić information content (AvgIpc) is 2.28. The predicted octanol–water partition coefficient (Wildman–Crippen LogP) is 2.34. The van der Waals surface area contributed by atoms with E-state index in [1.807, 2.05) is 13.0 Å². The highest BCUT2D eigenvalue weighted by Gasteiger charge is 2.20. The van der Waals surface area contributed by atoms with Crippen molar-refractivity contribution in [2.24, 2.45) is 0 Å². The van der Waals surface area contributed by atoms with Gasteiger partial charge in [0.1, 0.15) is 11.6 Å². The van der Waals surface area contributed by atoms with E-state index < -0.39 is 11.0 Å². The molecule has 90 valence electrons. The summed E-state index contributed by atoms with van der Waals surface area (Å²) in [5.41, 5.74) is 0.591. The number of aliphatic hydroxyl groups is 1. The molecule has 1 N–H and O–H groups in total. The molecule has 2 atom stereocenters. The van der Waals surface area contributed by atoms with Gasteiger partial charge >= 0.3 is 0 Å². The van der Waals surface area contributed by atoms with Crippen LogP contribution >= 0.6 is 0 Å². The number of benzene rings is 1. The predicted molar refractivity (Wildman–Crippen MR) is 62.5 cm³/mol. The van der Waals surface area contributed by atoms with Crippen LogP contribution in [-0.4, -0.2) is 16.1 Å². The second kappa shape index (κ2) is 5.41. The lowest BCUT2D eigenvalue weighted by atomic mass is 9.90. The molecular weight excluding hydrogens is 220 g/mol. The van der Waals surface area contributed by atoms with Crippen molar-refractivity contribution < 1.29 is 10.0 Å². The van der Waals surface area contributed by atoms with E-state index in [4.69, 9.17) is 5.26 Å². The highest BCUT2D eigenvalue weighted by atomic mass is 16.6. The third kappa shape index (κ3) is 2.80. The summed E-state index contributed by atoms with van der Waals surface area (Å²) in [6.07, 6.45) is 0.161. The number of hydrogen-bond donors (Lipinski definition) is 1. The first-order chi connectivity index (χ1) is 8.01. The van der Waals surface area contributed by atoms with Crippen molar-refractivity contribution in [1.29, 1.82) is 5.26 Å². The third-order valence-corrected chi connectivity index (χ3v) is 2.79. The fourth-order valence-electron chi connectivity index (χ4n) is 1.89. The normalized spacial score (nSPS) is 13.8. The molecule has 0 heterocycles. The molecular formula is C12H14N2O3. The van der Waals surface area contributed by atoms with Gasteiger partial charge in [0.2, 0.25) is 0 Å². The summed E-state index contributed by atoms with van der Waals surface area (Å²) in [4.78, 5) is 10.1. The summed E-state index contributed by atoms with van der Waals surface area (Å²) in [5, 5.41) is 29.1. The van der Waals surface area contributed by atoms with E-state index in [0.29, 0.717) is 6.42 Å². The molecule has 0 bridgehead atoms. The summed E-state index contributed by atoms with van der Waals surface area (Å²) >= 11 is 0. The molecule has 2 unspecified atom stereocenters. The van der Waals surface area contributed by atoms with Crippen LogP contribution in [-0.2, 0) is 0 Å². The number of nitrogens with zero attached hydrogens (tertiary/aromatic N) is 2. The van der Waals surface area contributed by atoms with Crippen molar-refractivity contribution >= 4 is 5.69 Å². The van der Waals surface area contributed by atoms with Gasteiger partial charge in [-0.3, -0.25) is 10.1 Å². The van der Waals surface area contributed by atoms with Crippen molar-refractivity contribution in [3.8, 4) is 6.07 Å². The van der Waals surface area contributed by atoms with Crippen molar-refractivity contribution in [3.63, 3.8) is 0 Å². The Hall–Kier alpha value is -1.93. The van der Waals surface area contributed by atoms with Crippen molar-refractivity contribution in [2.75, 3.05) is 0 Å². The minimum absolute atomic E-state index is 0.0339. The molecule has 0 spiro atoms. The van der Waals surface area contributed by atoms with Crippen LogP contribution < -0.4 is 0 Å². The highest BCUT2D eigenvalue weighted by Crippen LogP contribution is 2.27. The molecule has 1 aromatic rings. The van der Waals surface area contributed by atoms with Gasteiger partial charge in [-0.1, -0.05) is 13.0 Å². The second-order valence-corrected chi connectivity index (χ2v) is 3.90. The zero-order valence-corrected chi connectivity index (χ0v) is 9.75. The summed E-state index contributed by atoms with van der Waals surface area (Å²) in [5.74, 6) is -0.108. The molecule has 1 rings (SSSR count). The van der Waals surface area contributed by atoms with Gasteiger partial charge in [-0.15, -0.1) is 0 Å². The van der Waals surface area contributed by atoms with Gasteiger partial charge in [0.25, 0.3) is 5.69 Å². The monoisotopic (exact) mass is 234 g/mol. The Morgan fingerprint density at radius 3 is 2.65 bits per heavy atom. The molecule has 0 saturated heterocycles. The lowest BCUT2D eigenvalue weighted by molar-refractivity contribution is -0.385. The molecule has 0 aliphatic rings. The van der Waals surface area contributed by atoms with Gasteiger partial charge in [-0.05, 0) is 25.0 Å². The maximum Gasteiger partial charge on any atom is 0.287 e. The Kier molecular flexibility index (Phi) is 4.18. The minimum Gasteiger partial charge on any atom is -0.393 e. The van der Waals surface area contributed by atoms with Gasteiger partial charge in [0, 0.05) is 12.0 Å². The van der Waals surface area contributed by atoms with E-state index in [2.05, 4.69) is 0 Å². The van der Waals surface area contributed by atoms with E-state index >= 15 is 0 Å². The number of nitro groups is 1. The molecule has 0 aliphatic heterocycles. The molecule has 0 radical (unpaired) electrons. The SMILES string of the molecule is CCC(c1ccc([N+](=O)[O-])c(C#N)c1)C(C)O. The number of rotatable bonds is 4. The lowest BCUT2D eigenvalue weighted by Gasteiger charge is -2.18. The van der Waals surface area contributed by atoms with Crippen LogP contribution in [0.3, 0.4) is 0 Å². The maximum atomic E-state index is 10.7. The zero-order valence-electron chi connectivity index (χ0n) is 9.75. The number of hydrogen-bond acceptors (Lipinski definition) is 4. The molecule has 0 fully saturated rings. The third-order valence-electron chi connectivity index (χ3n) is 2.79. The summed E-state index contributed by atoms with van der Waals surface area (Å²) in [7, 11) is 0. The average molecular weight is 234 g/mol. The first-order valence-corrected chi connectivity index (χ1v) is 5.37. The van der Waals surface area contributed by atoms with E-state index in [0.717, 1.165) is 5.56 Å². The van der Waals surface area contributed by atoms with Gasteiger partial charge in [-0.25, -0.2) is 0 Å². The molecule has 5 nitrogen and oxygen atoms in total. The van der Waals surface area contributed by atoms with E-state index in [1.54, 1.807) is 13.0 Å². The standard InChI is InChI=1S/C12H14N2O3/c1-3-11(8(2)15)9-4-5-12(14(16)17)10(6-9)7-13/h4-6,8,11,15H,3H2,1-2H3. The first-order valence-electron chi connectivity index (χ1n) is 5.37. The fraction of sp³-hybridized carbons (Fsp3) is 0.417. The first kappa shape index (κ1) is 13.1. The van der Waals surface area contributed by atoms with E-state index in [9.17, 15) is 15.2 Å². The Labute approximate surface area is 99.5 Å². The molecule has 1 aromatic carbocycles. The molecule has 0 amide bonds. The van der Waals surface area contributed by atoms with E-state index in [-0.39, 0.29) is 17.2 Å². The largest absolute Gasteiger partial charge is 0.393 e. The van der Waals surface area contributed by atoms with Crippen LogP contribution in [0, 0.1) is 21.4 Å². The summed E-state index contributed by atoms with van der Waals surface area (Å²) in [6, 6.07) is 6.21. The minimum atomic E-state index is -0.578. The summed E-state index contributed by atoms with van der Waals surface area (Å²) in [6.45, 7) is 3.59. The van der Waals surface area contributed by atoms with Gasteiger partial charge in [0.05, 0.1) is 11.0 Å². The molecule has 0 aromatic heterocycles. The number of nitriles is 1.